The summed E-state index contributed by atoms with van der Waals surface area (Å²) < 4.78 is 13.0. The normalized spacial score (nSPS) is 22.0. The third-order valence-electron chi connectivity index (χ3n) is 2.08. The van der Waals surface area contributed by atoms with Gasteiger partial charge in [-0.2, -0.15) is 0 Å². The van der Waals surface area contributed by atoms with Crippen molar-refractivity contribution in [2.45, 2.75) is 18.6 Å². The molecule has 3 nitrogen and oxygen atoms in total. The summed E-state index contributed by atoms with van der Waals surface area (Å²) in [4.78, 5) is 12.6. The molecule has 2 N–H and O–H groups in total. The summed E-state index contributed by atoms with van der Waals surface area (Å²) in [6.07, 6.45) is 1.67. The van der Waals surface area contributed by atoms with Crippen LogP contribution in [0.25, 0.3) is 0 Å². The lowest BCUT2D eigenvalue weighted by molar-refractivity contribution is -0.128. The Labute approximate surface area is 71.0 Å². The molecule has 0 unspecified atom stereocenters. The van der Waals surface area contributed by atoms with Crippen molar-refractivity contribution in [2.75, 3.05) is 13.1 Å². The smallest absolute Gasteiger partial charge is 0.245 e. The topological polar surface area (TPSA) is 46.3 Å². The minimum Gasteiger partial charge on any atom is -0.339 e. The third kappa shape index (κ3) is 2.04. The molecule has 68 valence electrons. The largest absolute Gasteiger partial charge is 0.339 e. The average Bonchev–Trinajstić information content (AvgIpc) is 2.03. The van der Waals surface area contributed by atoms with Crippen LogP contribution in [0.1, 0.15) is 12.8 Å². The SMILES string of the molecule is C=CC(=O)N1CCC(N)(F)CC1. The molecule has 0 aromatic rings. The van der Waals surface area contributed by atoms with Crippen molar-refractivity contribution in [3.63, 3.8) is 0 Å². The van der Waals surface area contributed by atoms with Gasteiger partial charge in [-0.25, -0.2) is 4.39 Å². The van der Waals surface area contributed by atoms with E-state index >= 15 is 0 Å². The molecule has 1 fully saturated rings. The maximum absolute atomic E-state index is 13.0. The Hall–Kier alpha value is -0.900. The third-order valence-corrected chi connectivity index (χ3v) is 2.08. The van der Waals surface area contributed by atoms with E-state index in [9.17, 15) is 9.18 Å². The lowest BCUT2D eigenvalue weighted by Crippen LogP contribution is -2.48. The summed E-state index contributed by atoms with van der Waals surface area (Å²) in [5.41, 5.74) is 5.25. The maximum atomic E-state index is 13.0. The first-order valence-corrected chi connectivity index (χ1v) is 3.94. The molecule has 0 aliphatic carbocycles. The van der Waals surface area contributed by atoms with E-state index in [4.69, 9.17) is 5.73 Å². The molecule has 0 aromatic heterocycles. The fourth-order valence-electron chi connectivity index (χ4n) is 1.23. The van der Waals surface area contributed by atoms with Gasteiger partial charge in [0.15, 0.2) is 5.79 Å². The number of halogens is 1. The van der Waals surface area contributed by atoms with Crippen molar-refractivity contribution in [1.29, 1.82) is 0 Å². The van der Waals surface area contributed by atoms with Crippen molar-refractivity contribution in [3.05, 3.63) is 12.7 Å². The van der Waals surface area contributed by atoms with E-state index in [0.717, 1.165) is 0 Å². The molecule has 1 aliphatic heterocycles. The van der Waals surface area contributed by atoms with Crippen LogP contribution in [0.15, 0.2) is 12.7 Å². The molecular weight excluding hydrogens is 159 g/mol. The Bertz CT molecular complexity index is 193. The van der Waals surface area contributed by atoms with E-state index in [0.29, 0.717) is 13.1 Å². The molecule has 1 heterocycles. The van der Waals surface area contributed by atoms with Gasteiger partial charge in [0.05, 0.1) is 0 Å². The highest BCUT2D eigenvalue weighted by molar-refractivity contribution is 5.87. The summed E-state index contributed by atoms with van der Waals surface area (Å²) in [5.74, 6) is -1.73. The van der Waals surface area contributed by atoms with Gasteiger partial charge in [0, 0.05) is 25.9 Å². The van der Waals surface area contributed by atoms with E-state index < -0.39 is 5.79 Å². The molecule has 0 aromatic carbocycles. The second-order valence-corrected chi connectivity index (χ2v) is 3.06. The van der Waals surface area contributed by atoms with Crippen LogP contribution in [0.5, 0.6) is 0 Å². The fraction of sp³-hybridized carbons (Fsp3) is 0.625. The van der Waals surface area contributed by atoms with Crippen LogP contribution in [0, 0.1) is 0 Å². The van der Waals surface area contributed by atoms with Gasteiger partial charge in [-0.1, -0.05) is 6.58 Å². The molecule has 0 bridgehead atoms. The van der Waals surface area contributed by atoms with Crippen LogP contribution in [-0.4, -0.2) is 29.7 Å². The van der Waals surface area contributed by atoms with Crippen molar-refractivity contribution in [2.24, 2.45) is 5.73 Å². The van der Waals surface area contributed by atoms with Gasteiger partial charge in [0.25, 0.3) is 0 Å². The number of piperidine rings is 1. The molecule has 0 radical (unpaired) electrons. The molecule has 0 saturated carbocycles. The number of likely N-dealkylation sites (tertiary alicyclic amines) is 1. The van der Waals surface area contributed by atoms with Crippen molar-refractivity contribution in [1.82, 2.24) is 4.90 Å². The number of amides is 1. The number of hydrogen-bond donors (Lipinski definition) is 1. The number of carbonyl (C=O) groups excluding carboxylic acids is 1. The zero-order chi connectivity index (χ0) is 9.19. The Morgan fingerprint density at radius 2 is 2.08 bits per heavy atom. The Morgan fingerprint density at radius 1 is 1.58 bits per heavy atom. The van der Waals surface area contributed by atoms with Crippen LogP contribution in [0.3, 0.4) is 0 Å². The van der Waals surface area contributed by atoms with Crippen LogP contribution < -0.4 is 5.73 Å². The highest BCUT2D eigenvalue weighted by atomic mass is 19.1. The molecule has 12 heavy (non-hydrogen) atoms. The number of hydrogen-bond acceptors (Lipinski definition) is 2. The minimum absolute atomic E-state index is 0.148. The predicted octanol–water partition coefficient (Wildman–Crippen LogP) is 0.419. The van der Waals surface area contributed by atoms with E-state index in [-0.39, 0.29) is 18.7 Å². The minimum atomic E-state index is -1.59. The van der Waals surface area contributed by atoms with E-state index in [1.165, 1.54) is 6.08 Å². The molecule has 4 heteroatoms. The predicted molar refractivity (Wildman–Crippen MR) is 44.0 cm³/mol. The van der Waals surface area contributed by atoms with Crippen molar-refractivity contribution >= 4 is 5.91 Å². The van der Waals surface area contributed by atoms with Crippen LogP contribution >= 0.6 is 0 Å². The first kappa shape index (κ1) is 9.19. The Balaban J connectivity index is 2.46. The first-order valence-electron chi connectivity index (χ1n) is 3.94. The van der Waals surface area contributed by atoms with Gasteiger partial charge < -0.3 is 4.90 Å². The summed E-state index contributed by atoms with van der Waals surface area (Å²) in [6, 6.07) is 0. The number of nitrogens with zero attached hydrogens (tertiary/aromatic N) is 1. The number of rotatable bonds is 1. The molecule has 1 amide bonds. The molecular formula is C8H13FN2O. The fourth-order valence-corrected chi connectivity index (χ4v) is 1.23. The van der Waals surface area contributed by atoms with Crippen LogP contribution in [0.4, 0.5) is 4.39 Å². The molecule has 0 spiro atoms. The lowest BCUT2D eigenvalue weighted by atomic mass is 10.0. The molecule has 1 aliphatic rings. The quantitative estimate of drug-likeness (QED) is 0.460. The van der Waals surface area contributed by atoms with Gasteiger partial charge in [0.2, 0.25) is 5.91 Å². The van der Waals surface area contributed by atoms with Gasteiger partial charge in [-0.3, -0.25) is 10.5 Å². The van der Waals surface area contributed by atoms with Crippen molar-refractivity contribution in [3.8, 4) is 0 Å². The van der Waals surface area contributed by atoms with Gasteiger partial charge in [-0.15, -0.1) is 0 Å². The molecule has 1 saturated heterocycles. The standard InChI is InChI=1S/C8H13FN2O/c1-2-7(12)11-5-3-8(9,10)4-6-11/h2H,1,3-6,10H2. The van der Waals surface area contributed by atoms with E-state index in [1.54, 1.807) is 4.90 Å². The van der Waals surface area contributed by atoms with Crippen molar-refractivity contribution < 1.29 is 9.18 Å². The zero-order valence-corrected chi connectivity index (χ0v) is 6.92. The van der Waals surface area contributed by atoms with E-state index in [2.05, 4.69) is 6.58 Å². The lowest BCUT2D eigenvalue weighted by Gasteiger charge is -2.33. The number of carbonyl (C=O) groups is 1. The monoisotopic (exact) mass is 172 g/mol. The summed E-state index contributed by atoms with van der Waals surface area (Å²) >= 11 is 0. The average molecular weight is 172 g/mol. The number of alkyl halides is 1. The zero-order valence-electron chi connectivity index (χ0n) is 6.92. The highest BCUT2D eigenvalue weighted by Crippen LogP contribution is 2.20. The van der Waals surface area contributed by atoms with Gasteiger partial charge in [-0.05, 0) is 6.08 Å². The molecule has 0 atom stereocenters. The second-order valence-electron chi connectivity index (χ2n) is 3.06. The summed E-state index contributed by atoms with van der Waals surface area (Å²) in [7, 11) is 0. The Morgan fingerprint density at radius 3 is 2.50 bits per heavy atom. The Kier molecular flexibility index (Phi) is 2.47. The summed E-state index contributed by atoms with van der Waals surface area (Å²) in [5, 5.41) is 0. The van der Waals surface area contributed by atoms with Gasteiger partial charge >= 0.3 is 0 Å². The van der Waals surface area contributed by atoms with E-state index in [1.807, 2.05) is 0 Å². The highest BCUT2D eigenvalue weighted by Gasteiger charge is 2.31. The maximum Gasteiger partial charge on any atom is 0.245 e. The number of nitrogens with two attached hydrogens (primary N) is 1. The first-order chi connectivity index (χ1) is 5.55. The van der Waals surface area contributed by atoms with Gasteiger partial charge in [0.1, 0.15) is 0 Å². The summed E-state index contributed by atoms with van der Waals surface area (Å²) in [6.45, 7) is 4.13. The van der Waals surface area contributed by atoms with Crippen LogP contribution in [0.2, 0.25) is 0 Å². The van der Waals surface area contributed by atoms with Crippen LogP contribution in [-0.2, 0) is 4.79 Å². The molecule has 1 rings (SSSR count). The second kappa shape index (κ2) is 3.23.